The van der Waals surface area contributed by atoms with Gasteiger partial charge in [-0.1, -0.05) is 29.9 Å². The van der Waals surface area contributed by atoms with Gasteiger partial charge in [0.15, 0.2) is 0 Å². The van der Waals surface area contributed by atoms with Gasteiger partial charge >= 0.3 is 6.18 Å². The minimum Gasteiger partial charge on any atom is -0.493 e. The molecule has 1 fully saturated rings. The summed E-state index contributed by atoms with van der Waals surface area (Å²) in [5, 5.41) is 0.159. The van der Waals surface area contributed by atoms with Gasteiger partial charge in [0.25, 0.3) is 10.0 Å². The second-order valence-corrected chi connectivity index (χ2v) is 11.4. The van der Waals surface area contributed by atoms with Crippen LogP contribution in [0.1, 0.15) is 43.7 Å². The van der Waals surface area contributed by atoms with E-state index in [1.165, 1.54) is 18.5 Å². The number of halogens is 3. The number of sulfonamides is 1. The number of nitrogens with zero attached hydrogens (tertiary/aromatic N) is 3. The van der Waals surface area contributed by atoms with Crippen molar-refractivity contribution in [2.75, 3.05) is 17.9 Å². The standard InChI is InChI=1S/C23H25F3N4O3S2/c24-23(25,26)16-8-10-30(20(12-16)15-4-2-1-3-5-15)19-9-11-33-21-13-17(6-7-18(19)21)35(31,32)29-22-27-14-28-34-22/h1-2,4,6-7,13-14,16,19-20H,3,5,8-12H2,(H,27,28,29)/t16-,19+,20-/m1/s1. The lowest BCUT2D eigenvalue weighted by Gasteiger charge is -2.47. The van der Waals surface area contributed by atoms with Gasteiger partial charge in [-0.15, -0.1) is 0 Å². The van der Waals surface area contributed by atoms with Crippen molar-refractivity contribution >= 4 is 26.7 Å². The summed E-state index contributed by atoms with van der Waals surface area (Å²) in [6.45, 7) is 0.675. The number of piperidine rings is 1. The Hall–Kier alpha value is -2.44. The second-order valence-electron chi connectivity index (χ2n) is 8.93. The molecule has 2 aliphatic heterocycles. The molecule has 0 unspecified atom stereocenters. The van der Waals surface area contributed by atoms with Gasteiger partial charge in [0.1, 0.15) is 12.1 Å². The first kappa shape index (κ1) is 24.3. The third-order valence-electron chi connectivity index (χ3n) is 6.87. The number of fused-ring (bicyclic) bond motifs is 1. The summed E-state index contributed by atoms with van der Waals surface area (Å²) in [4.78, 5) is 6.05. The van der Waals surface area contributed by atoms with E-state index in [2.05, 4.69) is 19.0 Å². The van der Waals surface area contributed by atoms with Crippen molar-refractivity contribution in [2.24, 2.45) is 5.92 Å². The van der Waals surface area contributed by atoms with E-state index in [0.29, 0.717) is 25.3 Å². The summed E-state index contributed by atoms with van der Waals surface area (Å²) in [6, 6.07) is 4.22. The molecule has 3 heterocycles. The number of benzene rings is 1. The summed E-state index contributed by atoms with van der Waals surface area (Å²) in [5.41, 5.74) is 1.82. The highest BCUT2D eigenvalue weighted by Crippen LogP contribution is 2.46. The molecule has 35 heavy (non-hydrogen) atoms. The van der Waals surface area contributed by atoms with Gasteiger partial charge in [0, 0.05) is 41.7 Å². The van der Waals surface area contributed by atoms with Crippen molar-refractivity contribution in [3.05, 3.63) is 53.9 Å². The van der Waals surface area contributed by atoms with Crippen molar-refractivity contribution in [1.29, 1.82) is 0 Å². The Kier molecular flexibility index (Phi) is 6.62. The predicted molar refractivity (Wildman–Crippen MR) is 126 cm³/mol. The van der Waals surface area contributed by atoms with Crippen LogP contribution in [0.2, 0.25) is 0 Å². The lowest BCUT2D eigenvalue weighted by molar-refractivity contribution is -0.190. The number of nitrogens with one attached hydrogen (secondary N) is 1. The Morgan fingerprint density at radius 2 is 2.06 bits per heavy atom. The maximum absolute atomic E-state index is 13.6. The third kappa shape index (κ3) is 5.10. The summed E-state index contributed by atoms with van der Waals surface area (Å²) in [6.07, 6.45) is 5.22. The molecule has 0 radical (unpaired) electrons. The third-order valence-corrected chi connectivity index (χ3v) is 8.91. The van der Waals surface area contributed by atoms with E-state index in [9.17, 15) is 21.6 Å². The first-order chi connectivity index (χ1) is 16.7. The molecule has 0 amide bonds. The molecule has 1 aliphatic carbocycles. The summed E-state index contributed by atoms with van der Waals surface area (Å²) >= 11 is 0.928. The molecule has 1 aromatic carbocycles. The highest BCUT2D eigenvalue weighted by Gasteiger charge is 2.47. The first-order valence-corrected chi connectivity index (χ1v) is 13.7. The van der Waals surface area contributed by atoms with Crippen LogP contribution in [0, 0.1) is 5.92 Å². The summed E-state index contributed by atoms with van der Waals surface area (Å²) < 4.78 is 78.5. The largest absolute Gasteiger partial charge is 0.493 e. The average molecular weight is 527 g/mol. The van der Waals surface area contributed by atoms with Crippen molar-refractivity contribution in [3.63, 3.8) is 0 Å². The minimum absolute atomic E-state index is 0.0274. The summed E-state index contributed by atoms with van der Waals surface area (Å²) in [7, 11) is -3.89. The number of likely N-dealkylation sites (tertiary alicyclic amines) is 1. The monoisotopic (exact) mass is 526 g/mol. The van der Waals surface area contributed by atoms with E-state index < -0.39 is 22.1 Å². The quantitative estimate of drug-likeness (QED) is 0.585. The maximum atomic E-state index is 13.6. The maximum Gasteiger partial charge on any atom is 0.391 e. The topological polar surface area (TPSA) is 84.4 Å². The van der Waals surface area contributed by atoms with Crippen LogP contribution in [0.3, 0.4) is 0 Å². The van der Waals surface area contributed by atoms with E-state index in [-0.39, 0.29) is 35.0 Å². The van der Waals surface area contributed by atoms with Gasteiger partial charge in [0.05, 0.1) is 17.4 Å². The zero-order chi connectivity index (χ0) is 24.6. The molecular formula is C23H25F3N4O3S2. The average Bonchev–Trinajstić information content (AvgIpc) is 3.35. The van der Waals surface area contributed by atoms with Gasteiger partial charge in [0.2, 0.25) is 5.13 Å². The lowest BCUT2D eigenvalue weighted by Crippen LogP contribution is -2.49. The minimum atomic E-state index is -4.22. The molecule has 188 valence electrons. The first-order valence-electron chi connectivity index (χ1n) is 11.5. The zero-order valence-electron chi connectivity index (χ0n) is 18.7. The van der Waals surface area contributed by atoms with Crippen molar-refractivity contribution in [3.8, 4) is 5.75 Å². The van der Waals surface area contributed by atoms with Gasteiger partial charge in [-0.2, -0.15) is 17.5 Å². The van der Waals surface area contributed by atoms with Crippen LogP contribution in [0.15, 0.2) is 53.2 Å². The van der Waals surface area contributed by atoms with Gasteiger partial charge in [-0.05, 0) is 38.3 Å². The van der Waals surface area contributed by atoms with Crippen molar-refractivity contribution < 1.29 is 26.3 Å². The number of anilines is 1. The molecule has 2 aromatic rings. The predicted octanol–water partition coefficient (Wildman–Crippen LogP) is 5.08. The Morgan fingerprint density at radius 3 is 2.77 bits per heavy atom. The van der Waals surface area contributed by atoms with E-state index in [0.717, 1.165) is 35.5 Å². The fourth-order valence-corrected chi connectivity index (χ4v) is 6.85. The van der Waals surface area contributed by atoms with Crippen LogP contribution in [0.5, 0.6) is 5.75 Å². The van der Waals surface area contributed by atoms with Crippen LogP contribution in [-0.2, 0) is 10.0 Å². The van der Waals surface area contributed by atoms with Crippen LogP contribution < -0.4 is 9.46 Å². The number of allylic oxidation sites excluding steroid dienone is 3. The van der Waals surface area contributed by atoms with Crippen molar-refractivity contribution in [1.82, 2.24) is 14.3 Å². The fourth-order valence-electron chi connectivity index (χ4n) is 5.17. The SMILES string of the molecule is O=S(=O)(Nc1ncns1)c1ccc2c(c1)OCC[C@@H]2N1CC[C@@H](C(F)(F)F)C[C@@H]1C1=CC=CCC1. The highest BCUT2D eigenvalue weighted by molar-refractivity contribution is 7.93. The molecule has 0 saturated carbocycles. The molecule has 0 bridgehead atoms. The molecule has 3 aliphatic rings. The van der Waals surface area contributed by atoms with Crippen LogP contribution in [0.25, 0.3) is 0 Å². The smallest absolute Gasteiger partial charge is 0.391 e. The molecule has 0 spiro atoms. The van der Waals surface area contributed by atoms with E-state index >= 15 is 0 Å². The Balaban J connectivity index is 1.44. The number of aromatic nitrogens is 2. The van der Waals surface area contributed by atoms with Gasteiger partial charge in [-0.25, -0.2) is 13.4 Å². The zero-order valence-corrected chi connectivity index (χ0v) is 20.4. The second kappa shape index (κ2) is 9.55. The summed E-state index contributed by atoms with van der Waals surface area (Å²) in [5.74, 6) is -0.885. The van der Waals surface area contributed by atoms with E-state index in [1.807, 2.05) is 18.2 Å². The molecule has 1 saturated heterocycles. The van der Waals surface area contributed by atoms with Gasteiger partial charge < -0.3 is 4.74 Å². The molecule has 7 nitrogen and oxygen atoms in total. The fraction of sp³-hybridized carbons (Fsp3) is 0.478. The Labute approximate surface area is 205 Å². The van der Waals surface area contributed by atoms with Crippen molar-refractivity contribution in [2.45, 2.75) is 55.3 Å². The number of hydrogen-bond donors (Lipinski definition) is 1. The molecular weight excluding hydrogens is 501 g/mol. The molecule has 1 N–H and O–H groups in total. The Morgan fingerprint density at radius 1 is 1.20 bits per heavy atom. The normalized spacial score (nSPS) is 25.5. The van der Waals surface area contributed by atoms with Crippen LogP contribution in [0.4, 0.5) is 18.3 Å². The number of rotatable bonds is 5. The molecule has 3 atom stereocenters. The van der Waals surface area contributed by atoms with Gasteiger partial charge in [-0.3, -0.25) is 9.62 Å². The van der Waals surface area contributed by atoms with Crippen LogP contribution in [-0.4, -0.2) is 48.0 Å². The number of hydrogen-bond acceptors (Lipinski definition) is 7. The van der Waals surface area contributed by atoms with E-state index in [1.54, 1.807) is 6.07 Å². The van der Waals surface area contributed by atoms with Crippen LogP contribution >= 0.6 is 11.5 Å². The molecule has 1 aromatic heterocycles. The number of ether oxygens (including phenoxy) is 1. The van der Waals surface area contributed by atoms with E-state index in [4.69, 9.17) is 4.74 Å². The molecule has 12 heteroatoms. The lowest BCUT2D eigenvalue weighted by atomic mass is 9.81. The number of alkyl halides is 3. The Bertz CT molecular complexity index is 1230. The molecule has 5 rings (SSSR count). The highest BCUT2D eigenvalue weighted by atomic mass is 32.2.